The second-order valence-electron chi connectivity index (χ2n) is 5.76. The average molecular weight is 346 g/mol. The Kier molecular flexibility index (Phi) is 5.18. The smallest absolute Gasteiger partial charge is 0.261 e. The van der Waals surface area contributed by atoms with Crippen LogP contribution >= 0.6 is 0 Å². The zero-order valence-electron chi connectivity index (χ0n) is 14.6. The summed E-state index contributed by atoms with van der Waals surface area (Å²) in [5.74, 6) is 2.60. The van der Waals surface area contributed by atoms with E-state index in [1.54, 1.807) is 31.3 Å². The van der Waals surface area contributed by atoms with Crippen molar-refractivity contribution in [3.8, 4) is 11.5 Å². The lowest BCUT2D eigenvalue weighted by molar-refractivity contribution is -0.136. The van der Waals surface area contributed by atoms with Crippen molar-refractivity contribution in [1.82, 2.24) is 19.7 Å². The van der Waals surface area contributed by atoms with E-state index in [9.17, 15) is 4.79 Å². The van der Waals surface area contributed by atoms with Crippen LogP contribution in [0.15, 0.2) is 24.3 Å². The van der Waals surface area contributed by atoms with Crippen LogP contribution in [-0.2, 0) is 22.7 Å². The molecular weight excluding hydrogens is 324 g/mol. The van der Waals surface area contributed by atoms with Crippen molar-refractivity contribution in [2.45, 2.75) is 26.1 Å². The van der Waals surface area contributed by atoms with Crippen molar-refractivity contribution in [3.05, 3.63) is 35.9 Å². The fourth-order valence-electron chi connectivity index (χ4n) is 2.98. The highest BCUT2D eigenvalue weighted by Gasteiger charge is 2.31. The van der Waals surface area contributed by atoms with Gasteiger partial charge in [-0.25, -0.2) is 0 Å². The first kappa shape index (κ1) is 17.2. The molecule has 0 N–H and O–H groups in total. The molecule has 8 nitrogen and oxygen atoms in total. The van der Waals surface area contributed by atoms with Gasteiger partial charge in [0, 0.05) is 20.2 Å². The number of para-hydroxylation sites is 2. The molecule has 3 rings (SSSR count). The van der Waals surface area contributed by atoms with Crippen LogP contribution in [0.2, 0.25) is 0 Å². The minimum absolute atomic E-state index is 0.0518. The predicted molar refractivity (Wildman–Crippen MR) is 89.4 cm³/mol. The highest BCUT2D eigenvalue weighted by molar-refractivity contribution is 5.78. The molecule has 2 aromatic rings. The summed E-state index contributed by atoms with van der Waals surface area (Å²) in [6.45, 7) is 3.52. The van der Waals surface area contributed by atoms with E-state index in [4.69, 9.17) is 14.2 Å². The van der Waals surface area contributed by atoms with Gasteiger partial charge in [0.1, 0.15) is 6.61 Å². The number of rotatable bonds is 6. The normalized spacial score (nSPS) is 16.4. The molecule has 0 aliphatic carbocycles. The predicted octanol–water partition coefficient (Wildman–Crippen LogP) is 1.42. The van der Waals surface area contributed by atoms with Crippen molar-refractivity contribution in [2.24, 2.45) is 0 Å². The Hall–Kier alpha value is -2.61. The minimum atomic E-state index is -0.166. The first-order chi connectivity index (χ1) is 12.2. The summed E-state index contributed by atoms with van der Waals surface area (Å²) in [6.07, 6.45) is 0. The second-order valence-corrected chi connectivity index (χ2v) is 5.76. The third-order valence-electron chi connectivity index (χ3n) is 4.28. The third-order valence-corrected chi connectivity index (χ3v) is 4.28. The first-order valence-electron chi connectivity index (χ1n) is 8.12. The summed E-state index contributed by atoms with van der Waals surface area (Å²) in [6, 6.07) is 7.10. The fourth-order valence-corrected chi connectivity index (χ4v) is 2.98. The van der Waals surface area contributed by atoms with E-state index in [0.717, 1.165) is 11.6 Å². The second kappa shape index (κ2) is 7.52. The quantitative estimate of drug-likeness (QED) is 0.787. The molecule has 0 fully saturated rings. The third kappa shape index (κ3) is 3.43. The summed E-state index contributed by atoms with van der Waals surface area (Å²) in [5, 5.41) is 8.36. The molecule has 0 unspecified atom stereocenters. The number of amides is 1. The largest absolute Gasteiger partial charge is 0.493 e. The molecule has 1 aromatic heterocycles. The molecule has 1 aliphatic heterocycles. The lowest BCUT2D eigenvalue weighted by atomic mass is 10.2. The molecule has 1 aliphatic rings. The fraction of sp³-hybridized carbons (Fsp3) is 0.471. The number of nitrogens with zero attached hydrogens (tertiary/aromatic N) is 4. The van der Waals surface area contributed by atoms with E-state index in [0.29, 0.717) is 31.2 Å². The van der Waals surface area contributed by atoms with Gasteiger partial charge >= 0.3 is 0 Å². The van der Waals surface area contributed by atoms with Gasteiger partial charge in [-0.3, -0.25) is 4.79 Å². The maximum Gasteiger partial charge on any atom is 0.261 e. The van der Waals surface area contributed by atoms with Crippen LogP contribution in [0.3, 0.4) is 0 Å². The molecule has 0 saturated carbocycles. The van der Waals surface area contributed by atoms with Crippen LogP contribution in [0.5, 0.6) is 11.5 Å². The zero-order valence-corrected chi connectivity index (χ0v) is 14.6. The van der Waals surface area contributed by atoms with E-state index in [1.807, 2.05) is 23.6 Å². The van der Waals surface area contributed by atoms with E-state index in [1.165, 1.54) is 0 Å². The number of carbonyl (C=O) groups excluding carboxylic acids is 1. The number of aromatic nitrogens is 3. The summed E-state index contributed by atoms with van der Waals surface area (Å²) >= 11 is 0. The molecule has 134 valence electrons. The highest BCUT2D eigenvalue weighted by Crippen LogP contribution is 2.27. The van der Waals surface area contributed by atoms with Gasteiger partial charge in [0.2, 0.25) is 0 Å². The van der Waals surface area contributed by atoms with Gasteiger partial charge in [-0.05, 0) is 19.1 Å². The maximum atomic E-state index is 12.6. The summed E-state index contributed by atoms with van der Waals surface area (Å²) < 4.78 is 18.0. The molecule has 2 heterocycles. The number of carbonyl (C=O) groups is 1. The minimum Gasteiger partial charge on any atom is -0.493 e. The molecule has 0 spiro atoms. The van der Waals surface area contributed by atoms with Crippen molar-refractivity contribution in [2.75, 3.05) is 27.4 Å². The molecule has 1 aromatic carbocycles. The Bertz CT molecular complexity index is 746. The van der Waals surface area contributed by atoms with Gasteiger partial charge < -0.3 is 23.7 Å². The first-order valence-corrected chi connectivity index (χ1v) is 8.12. The Morgan fingerprint density at radius 2 is 1.96 bits per heavy atom. The van der Waals surface area contributed by atoms with Gasteiger partial charge in [0.05, 0.1) is 13.2 Å². The molecule has 0 radical (unpaired) electrons. The van der Waals surface area contributed by atoms with E-state index >= 15 is 0 Å². The van der Waals surface area contributed by atoms with Gasteiger partial charge in [0.25, 0.3) is 5.91 Å². The zero-order chi connectivity index (χ0) is 17.8. The van der Waals surface area contributed by atoms with Crippen LogP contribution < -0.4 is 9.47 Å². The van der Waals surface area contributed by atoms with E-state index < -0.39 is 0 Å². The Labute approximate surface area is 146 Å². The molecule has 8 heteroatoms. The number of ether oxygens (including phenoxy) is 3. The number of hydrogen-bond acceptors (Lipinski definition) is 6. The number of methoxy groups -OCH3 is 2. The standard InChI is InChI=1S/C17H22N4O4/c1-12-17-19-18-15(10-23-2)21(17)9-8-20(12)16(22)11-25-14-7-5-4-6-13(14)24-3/h4-7,12H,8-11H2,1-3H3/t12-/m1/s1. The molecule has 1 amide bonds. The number of benzene rings is 1. The van der Waals surface area contributed by atoms with Crippen LogP contribution in [-0.4, -0.2) is 52.9 Å². The molecular formula is C17H22N4O4. The topological polar surface area (TPSA) is 78.7 Å². The Morgan fingerprint density at radius 1 is 1.20 bits per heavy atom. The monoisotopic (exact) mass is 346 g/mol. The lowest BCUT2D eigenvalue weighted by Crippen LogP contribution is -2.43. The van der Waals surface area contributed by atoms with Gasteiger partial charge in [-0.2, -0.15) is 0 Å². The summed E-state index contributed by atoms with van der Waals surface area (Å²) in [7, 11) is 3.19. The molecule has 0 saturated heterocycles. The number of fused-ring (bicyclic) bond motifs is 1. The van der Waals surface area contributed by atoms with Crippen LogP contribution in [0, 0.1) is 0 Å². The summed E-state index contributed by atoms with van der Waals surface area (Å²) in [5.41, 5.74) is 0. The van der Waals surface area contributed by atoms with E-state index in [-0.39, 0.29) is 18.6 Å². The van der Waals surface area contributed by atoms with Crippen LogP contribution in [0.4, 0.5) is 0 Å². The van der Waals surface area contributed by atoms with Crippen molar-refractivity contribution < 1.29 is 19.0 Å². The van der Waals surface area contributed by atoms with Gasteiger partial charge in [0.15, 0.2) is 29.8 Å². The van der Waals surface area contributed by atoms with Gasteiger partial charge in [-0.1, -0.05) is 12.1 Å². The van der Waals surface area contributed by atoms with Crippen LogP contribution in [0.25, 0.3) is 0 Å². The molecule has 25 heavy (non-hydrogen) atoms. The maximum absolute atomic E-state index is 12.6. The molecule has 1 atom stereocenters. The SMILES string of the molecule is COCc1nnc2n1CCN(C(=O)COc1ccccc1OC)[C@@H]2C. The average Bonchev–Trinajstić information content (AvgIpc) is 3.04. The van der Waals surface area contributed by atoms with Crippen molar-refractivity contribution >= 4 is 5.91 Å². The van der Waals surface area contributed by atoms with Crippen molar-refractivity contribution in [3.63, 3.8) is 0 Å². The Balaban J connectivity index is 1.67. The van der Waals surface area contributed by atoms with Crippen LogP contribution in [0.1, 0.15) is 24.6 Å². The lowest BCUT2D eigenvalue weighted by Gasteiger charge is -2.33. The van der Waals surface area contributed by atoms with Crippen molar-refractivity contribution in [1.29, 1.82) is 0 Å². The van der Waals surface area contributed by atoms with Gasteiger partial charge in [-0.15, -0.1) is 10.2 Å². The molecule has 0 bridgehead atoms. The Morgan fingerprint density at radius 3 is 2.68 bits per heavy atom. The highest BCUT2D eigenvalue weighted by atomic mass is 16.5. The van der Waals surface area contributed by atoms with E-state index in [2.05, 4.69) is 10.2 Å². The number of hydrogen-bond donors (Lipinski definition) is 0. The summed E-state index contributed by atoms with van der Waals surface area (Å²) in [4.78, 5) is 14.4.